The molecule has 1 aliphatic rings. The van der Waals surface area contributed by atoms with Gasteiger partial charge in [0.15, 0.2) is 0 Å². The van der Waals surface area contributed by atoms with Crippen LogP contribution in [0.2, 0.25) is 0 Å². The van der Waals surface area contributed by atoms with Crippen molar-refractivity contribution in [2.75, 3.05) is 52.8 Å². The summed E-state index contributed by atoms with van der Waals surface area (Å²) < 4.78 is 27.9. The van der Waals surface area contributed by atoms with E-state index in [2.05, 4.69) is 41.2 Å². The fraction of sp³-hybridized carbons (Fsp3) is 0.552. The summed E-state index contributed by atoms with van der Waals surface area (Å²) in [5.41, 5.74) is 11.9. The van der Waals surface area contributed by atoms with Gasteiger partial charge in [0.2, 0.25) is 0 Å². The Hall–Kier alpha value is -3.26. The molecule has 0 radical (unpaired) electrons. The maximum atomic E-state index is 12.3. The summed E-state index contributed by atoms with van der Waals surface area (Å²) in [5, 5.41) is 3.38. The summed E-state index contributed by atoms with van der Waals surface area (Å²) in [6.07, 6.45) is 5.16. The Bertz CT molecular complexity index is 1040. The van der Waals surface area contributed by atoms with Gasteiger partial charge < -0.3 is 23.7 Å². The standard InChI is InChI=1S/C29H39N3O6/c1-2-6-23-7-3-4-8-28(23)37-15-5-14-36-26-11-12-27-24(21-26)9-10-25(27)22-29(33)38-20-19-35-18-17-34-16-13-31-32-30/h3-4,7-8,11-12,21,25H,2,5-6,9-10,13-20,22H2,1H3/t25-/m0/s1. The van der Waals surface area contributed by atoms with Crippen LogP contribution in [0.15, 0.2) is 47.6 Å². The molecule has 0 fully saturated rings. The molecule has 9 heteroatoms. The monoisotopic (exact) mass is 525 g/mol. The van der Waals surface area contributed by atoms with Gasteiger partial charge in [-0.2, -0.15) is 0 Å². The van der Waals surface area contributed by atoms with E-state index in [1.807, 2.05) is 18.2 Å². The second kappa shape index (κ2) is 17.3. The molecule has 0 saturated carbocycles. The third kappa shape index (κ3) is 10.2. The molecule has 1 aliphatic carbocycles. The molecule has 2 aromatic carbocycles. The Balaban J connectivity index is 1.29. The minimum atomic E-state index is -0.210. The van der Waals surface area contributed by atoms with Gasteiger partial charge in [-0.15, -0.1) is 0 Å². The van der Waals surface area contributed by atoms with Crippen molar-refractivity contribution in [2.45, 2.75) is 51.4 Å². The average molecular weight is 526 g/mol. The summed E-state index contributed by atoms with van der Waals surface area (Å²) in [7, 11) is 0. The quantitative estimate of drug-likeness (QED) is 0.0754. The molecule has 1 atom stereocenters. The highest BCUT2D eigenvalue weighted by atomic mass is 16.6. The van der Waals surface area contributed by atoms with E-state index >= 15 is 0 Å². The summed E-state index contributed by atoms with van der Waals surface area (Å²) >= 11 is 0. The number of ether oxygens (including phenoxy) is 5. The lowest BCUT2D eigenvalue weighted by Crippen LogP contribution is -2.14. The van der Waals surface area contributed by atoms with Gasteiger partial charge in [-0.3, -0.25) is 4.79 Å². The number of esters is 1. The van der Waals surface area contributed by atoms with Crippen LogP contribution in [0.25, 0.3) is 10.4 Å². The molecule has 0 unspecified atom stereocenters. The number of carbonyl (C=O) groups excluding carboxylic acids is 1. The maximum Gasteiger partial charge on any atom is 0.306 e. The molecule has 0 aliphatic heterocycles. The largest absolute Gasteiger partial charge is 0.493 e. The number of hydrogen-bond acceptors (Lipinski definition) is 7. The highest BCUT2D eigenvalue weighted by molar-refractivity contribution is 5.71. The van der Waals surface area contributed by atoms with Crippen LogP contribution in [0.4, 0.5) is 0 Å². The molecular weight excluding hydrogens is 486 g/mol. The van der Waals surface area contributed by atoms with E-state index < -0.39 is 0 Å². The van der Waals surface area contributed by atoms with Crippen LogP contribution in [0.3, 0.4) is 0 Å². The van der Waals surface area contributed by atoms with Gasteiger partial charge in [0.05, 0.1) is 46.1 Å². The van der Waals surface area contributed by atoms with E-state index in [-0.39, 0.29) is 18.5 Å². The van der Waals surface area contributed by atoms with Gasteiger partial charge >= 0.3 is 5.97 Å². The van der Waals surface area contributed by atoms with Crippen LogP contribution in [0, 0.1) is 0 Å². The molecule has 0 spiro atoms. The molecule has 0 bridgehead atoms. The van der Waals surface area contributed by atoms with Crippen molar-refractivity contribution in [3.63, 3.8) is 0 Å². The Labute approximate surface area is 225 Å². The van der Waals surface area contributed by atoms with E-state index in [1.54, 1.807) is 0 Å². The van der Waals surface area contributed by atoms with Crippen LogP contribution in [0.1, 0.15) is 55.2 Å². The number of fused-ring (bicyclic) bond motifs is 1. The van der Waals surface area contributed by atoms with Crippen molar-refractivity contribution in [1.29, 1.82) is 0 Å². The molecule has 0 N–H and O–H groups in total. The summed E-state index contributed by atoms with van der Waals surface area (Å²) in [4.78, 5) is 14.9. The van der Waals surface area contributed by atoms with Crippen LogP contribution in [-0.4, -0.2) is 58.8 Å². The predicted molar refractivity (Wildman–Crippen MR) is 145 cm³/mol. The number of nitrogens with zero attached hydrogens (tertiary/aromatic N) is 3. The van der Waals surface area contributed by atoms with E-state index in [0.29, 0.717) is 52.6 Å². The first-order valence-electron chi connectivity index (χ1n) is 13.5. The van der Waals surface area contributed by atoms with E-state index in [1.165, 1.54) is 16.7 Å². The van der Waals surface area contributed by atoms with Gasteiger partial charge in [-0.05, 0) is 65.6 Å². The Morgan fingerprint density at radius 2 is 1.79 bits per heavy atom. The zero-order valence-electron chi connectivity index (χ0n) is 22.3. The van der Waals surface area contributed by atoms with Crippen LogP contribution in [0.5, 0.6) is 11.5 Å². The van der Waals surface area contributed by atoms with Gasteiger partial charge in [-0.25, -0.2) is 0 Å². The zero-order chi connectivity index (χ0) is 26.8. The minimum Gasteiger partial charge on any atom is -0.493 e. The normalized spacial score (nSPS) is 14.0. The van der Waals surface area contributed by atoms with Gasteiger partial charge in [0.1, 0.15) is 18.1 Å². The van der Waals surface area contributed by atoms with Gasteiger partial charge in [0.25, 0.3) is 0 Å². The topological polar surface area (TPSA) is 112 Å². The Morgan fingerprint density at radius 3 is 2.63 bits per heavy atom. The summed E-state index contributed by atoms with van der Waals surface area (Å²) in [5.74, 6) is 1.79. The lowest BCUT2D eigenvalue weighted by Gasteiger charge is -2.13. The highest BCUT2D eigenvalue weighted by Gasteiger charge is 2.25. The van der Waals surface area contributed by atoms with Crippen molar-refractivity contribution in [3.8, 4) is 11.5 Å². The maximum absolute atomic E-state index is 12.3. The number of hydrogen-bond donors (Lipinski definition) is 0. The molecule has 206 valence electrons. The molecule has 3 rings (SSSR count). The molecule has 9 nitrogen and oxygen atoms in total. The molecule has 2 aromatic rings. The smallest absolute Gasteiger partial charge is 0.306 e. The number of carbonyl (C=O) groups is 1. The second-order valence-corrected chi connectivity index (χ2v) is 9.11. The van der Waals surface area contributed by atoms with E-state index in [0.717, 1.165) is 43.6 Å². The van der Waals surface area contributed by atoms with Crippen molar-refractivity contribution in [2.24, 2.45) is 5.11 Å². The van der Waals surface area contributed by atoms with Crippen LogP contribution >= 0.6 is 0 Å². The minimum absolute atomic E-state index is 0.175. The molecule has 0 aromatic heterocycles. The molecule has 0 amide bonds. The molecule has 0 heterocycles. The Morgan fingerprint density at radius 1 is 1.00 bits per heavy atom. The van der Waals surface area contributed by atoms with Crippen molar-refractivity contribution < 1.29 is 28.5 Å². The first-order chi connectivity index (χ1) is 18.7. The van der Waals surface area contributed by atoms with Crippen molar-refractivity contribution in [3.05, 3.63) is 69.6 Å². The number of aryl methyl sites for hydroxylation is 2. The third-order valence-corrected chi connectivity index (χ3v) is 6.30. The number of rotatable bonds is 19. The summed E-state index contributed by atoms with van der Waals surface area (Å²) in [6.45, 7) is 5.39. The SMILES string of the molecule is CCCc1ccccc1OCCCOc1ccc2c(c1)CC[C@H]2CC(=O)OCCOCCOCCN=[N+]=[N-]. The fourth-order valence-corrected chi connectivity index (χ4v) is 4.48. The molecule has 38 heavy (non-hydrogen) atoms. The first-order valence-corrected chi connectivity index (χ1v) is 13.5. The Kier molecular flexibility index (Phi) is 13.3. The van der Waals surface area contributed by atoms with Gasteiger partial charge in [0, 0.05) is 17.9 Å². The van der Waals surface area contributed by atoms with E-state index in [4.69, 9.17) is 29.2 Å². The number of benzene rings is 2. The van der Waals surface area contributed by atoms with E-state index in [9.17, 15) is 4.79 Å². The fourth-order valence-electron chi connectivity index (χ4n) is 4.48. The summed E-state index contributed by atoms with van der Waals surface area (Å²) in [6, 6.07) is 14.4. The average Bonchev–Trinajstić information content (AvgIpc) is 3.32. The second-order valence-electron chi connectivity index (χ2n) is 9.11. The molecule has 0 saturated heterocycles. The lowest BCUT2D eigenvalue weighted by atomic mass is 9.98. The first kappa shape index (κ1) is 29.3. The highest BCUT2D eigenvalue weighted by Crippen LogP contribution is 2.37. The third-order valence-electron chi connectivity index (χ3n) is 6.30. The van der Waals surface area contributed by atoms with Crippen molar-refractivity contribution in [1.82, 2.24) is 0 Å². The number of para-hydroxylation sites is 1. The molecular formula is C29H39N3O6. The van der Waals surface area contributed by atoms with Crippen LogP contribution < -0.4 is 9.47 Å². The number of azide groups is 1. The van der Waals surface area contributed by atoms with Crippen LogP contribution in [-0.2, 0) is 31.8 Å². The zero-order valence-corrected chi connectivity index (χ0v) is 22.3. The van der Waals surface area contributed by atoms with Crippen molar-refractivity contribution >= 4 is 5.97 Å². The van der Waals surface area contributed by atoms with Gasteiger partial charge in [-0.1, -0.05) is 42.7 Å². The lowest BCUT2D eigenvalue weighted by molar-refractivity contribution is -0.145. The predicted octanol–water partition coefficient (Wildman–Crippen LogP) is 5.79.